The zero-order valence-electron chi connectivity index (χ0n) is 9.94. The van der Waals surface area contributed by atoms with Gasteiger partial charge in [-0.05, 0) is 35.0 Å². The van der Waals surface area contributed by atoms with Crippen molar-refractivity contribution in [1.82, 2.24) is 20.1 Å². The molecule has 2 heterocycles. The molecule has 0 spiro atoms. The van der Waals surface area contributed by atoms with Crippen molar-refractivity contribution in [1.29, 1.82) is 0 Å². The van der Waals surface area contributed by atoms with E-state index in [-0.39, 0.29) is 0 Å². The Labute approximate surface area is 109 Å². The number of aromatic nitrogens is 3. The Morgan fingerprint density at radius 3 is 2.71 bits per heavy atom. The van der Waals surface area contributed by atoms with Crippen LogP contribution in [0.1, 0.15) is 17.0 Å². The summed E-state index contributed by atoms with van der Waals surface area (Å²) in [7, 11) is 1.95. The van der Waals surface area contributed by atoms with E-state index < -0.39 is 0 Å². The van der Waals surface area contributed by atoms with Gasteiger partial charge in [0.15, 0.2) is 0 Å². The molecule has 0 aliphatic heterocycles. The van der Waals surface area contributed by atoms with Crippen LogP contribution in [0.25, 0.3) is 0 Å². The van der Waals surface area contributed by atoms with Gasteiger partial charge in [0.1, 0.15) is 0 Å². The van der Waals surface area contributed by atoms with Crippen molar-refractivity contribution in [2.75, 3.05) is 0 Å². The smallest absolute Gasteiger partial charge is 0.0542 e. The van der Waals surface area contributed by atoms with Crippen LogP contribution in [0.2, 0.25) is 0 Å². The molecular formula is C12H15BrN4. The van der Waals surface area contributed by atoms with E-state index in [1.807, 2.05) is 36.3 Å². The molecule has 0 fully saturated rings. The topological polar surface area (TPSA) is 42.7 Å². The number of hydrogen-bond donors (Lipinski definition) is 1. The van der Waals surface area contributed by atoms with E-state index in [0.29, 0.717) is 0 Å². The Morgan fingerprint density at radius 1 is 1.29 bits per heavy atom. The lowest BCUT2D eigenvalue weighted by atomic mass is 10.2. The fourth-order valence-corrected chi connectivity index (χ4v) is 1.79. The minimum Gasteiger partial charge on any atom is -0.307 e. The van der Waals surface area contributed by atoms with Gasteiger partial charge >= 0.3 is 0 Å². The van der Waals surface area contributed by atoms with Crippen LogP contribution >= 0.6 is 15.9 Å². The Hall–Kier alpha value is -1.20. The SMILES string of the molecule is Cc1c(CNCc2ccc(Br)cn2)cnn1C. The van der Waals surface area contributed by atoms with Gasteiger partial charge in [-0.3, -0.25) is 9.67 Å². The highest BCUT2D eigenvalue weighted by Crippen LogP contribution is 2.08. The van der Waals surface area contributed by atoms with Crippen molar-refractivity contribution in [3.05, 3.63) is 46.0 Å². The maximum atomic E-state index is 4.31. The molecule has 0 saturated heterocycles. The molecule has 0 aliphatic carbocycles. The predicted octanol–water partition coefficient (Wildman–Crippen LogP) is 2.18. The Morgan fingerprint density at radius 2 is 2.12 bits per heavy atom. The summed E-state index contributed by atoms with van der Waals surface area (Å²) < 4.78 is 2.89. The molecule has 0 atom stereocenters. The molecule has 0 unspecified atom stereocenters. The average molecular weight is 295 g/mol. The van der Waals surface area contributed by atoms with E-state index in [9.17, 15) is 0 Å². The molecule has 0 bridgehead atoms. The summed E-state index contributed by atoms with van der Waals surface area (Å²) in [5.41, 5.74) is 3.46. The van der Waals surface area contributed by atoms with Crippen LogP contribution in [0.15, 0.2) is 29.0 Å². The summed E-state index contributed by atoms with van der Waals surface area (Å²) in [5, 5.41) is 7.57. The molecule has 2 aromatic heterocycles. The normalized spacial score (nSPS) is 10.8. The number of rotatable bonds is 4. The summed E-state index contributed by atoms with van der Waals surface area (Å²) in [6, 6.07) is 4.01. The lowest BCUT2D eigenvalue weighted by molar-refractivity contribution is 0.672. The summed E-state index contributed by atoms with van der Waals surface area (Å²) in [5.74, 6) is 0. The van der Waals surface area contributed by atoms with Crippen molar-refractivity contribution in [2.24, 2.45) is 7.05 Å². The zero-order chi connectivity index (χ0) is 12.3. The number of aryl methyl sites for hydroxylation is 1. The van der Waals surface area contributed by atoms with Gasteiger partial charge in [-0.1, -0.05) is 0 Å². The fraction of sp³-hybridized carbons (Fsp3) is 0.333. The highest BCUT2D eigenvalue weighted by molar-refractivity contribution is 9.10. The van der Waals surface area contributed by atoms with Gasteiger partial charge in [-0.2, -0.15) is 5.10 Å². The number of halogens is 1. The van der Waals surface area contributed by atoms with Crippen molar-refractivity contribution in [3.63, 3.8) is 0 Å². The van der Waals surface area contributed by atoms with Gasteiger partial charge in [0.05, 0.1) is 11.9 Å². The lowest BCUT2D eigenvalue weighted by Gasteiger charge is -2.04. The largest absolute Gasteiger partial charge is 0.307 e. The molecule has 0 radical (unpaired) electrons. The third-order valence-electron chi connectivity index (χ3n) is 2.75. The third-order valence-corrected chi connectivity index (χ3v) is 3.22. The molecule has 2 aromatic rings. The van der Waals surface area contributed by atoms with Crippen LogP contribution in [-0.2, 0) is 20.1 Å². The molecule has 2 rings (SSSR count). The molecule has 90 valence electrons. The van der Waals surface area contributed by atoms with E-state index >= 15 is 0 Å². The molecule has 17 heavy (non-hydrogen) atoms. The van der Waals surface area contributed by atoms with Crippen LogP contribution in [0.5, 0.6) is 0 Å². The van der Waals surface area contributed by atoms with Gasteiger partial charge in [0.2, 0.25) is 0 Å². The first-order chi connectivity index (χ1) is 8.16. The molecule has 5 heteroatoms. The van der Waals surface area contributed by atoms with Gasteiger partial charge in [0.25, 0.3) is 0 Å². The van der Waals surface area contributed by atoms with Gasteiger partial charge in [-0.25, -0.2) is 0 Å². The zero-order valence-corrected chi connectivity index (χ0v) is 11.5. The number of hydrogen-bond acceptors (Lipinski definition) is 3. The summed E-state index contributed by atoms with van der Waals surface area (Å²) >= 11 is 3.37. The third kappa shape index (κ3) is 3.14. The molecule has 1 N–H and O–H groups in total. The lowest BCUT2D eigenvalue weighted by Crippen LogP contribution is -2.14. The van der Waals surface area contributed by atoms with Crippen molar-refractivity contribution >= 4 is 15.9 Å². The van der Waals surface area contributed by atoms with E-state index in [1.165, 1.54) is 11.3 Å². The summed E-state index contributed by atoms with van der Waals surface area (Å²) in [6.45, 7) is 3.65. The Bertz CT molecular complexity index is 490. The van der Waals surface area contributed by atoms with Gasteiger partial charge < -0.3 is 5.32 Å². The highest BCUT2D eigenvalue weighted by atomic mass is 79.9. The minimum atomic E-state index is 0.765. The number of nitrogens with one attached hydrogen (secondary N) is 1. The van der Waals surface area contributed by atoms with Gasteiger partial charge in [0, 0.05) is 42.1 Å². The van der Waals surface area contributed by atoms with E-state index in [0.717, 1.165) is 23.3 Å². The van der Waals surface area contributed by atoms with Crippen LogP contribution in [0, 0.1) is 6.92 Å². The predicted molar refractivity (Wildman–Crippen MR) is 70.4 cm³/mol. The first kappa shape index (κ1) is 12.3. The summed E-state index contributed by atoms with van der Waals surface area (Å²) in [4.78, 5) is 4.31. The molecule has 4 nitrogen and oxygen atoms in total. The Kier molecular flexibility index (Phi) is 3.91. The van der Waals surface area contributed by atoms with Gasteiger partial charge in [-0.15, -0.1) is 0 Å². The second-order valence-corrected chi connectivity index (χ2v) is 4.87. The van der Waals surface area contributed by atoms with Crippen LogP contribution < -0.4 is 5.32 Å². The first-order valence-electron chi connectivity index (χ1n) is 5.45. The van der Waals surface area contributed by atoms with E-state index in [2.05, 4.69) is 38.3 Å². The second kappa shape index (κ2) is 5.42. The van der Waals surface area contributed by atoms with Crippen LogP contribution in [-0.4, -0.2) is 14.8 Å². The van der Waals surface area contributed by atoms with Crippen LogP contribution in [0.3, 0.4) is 0 Å². The number of pyridine rings is 1. The molecule has 0 amide bonds. The van der Waals surface area contributed by atoms with Crippen LogP contribution in [0.4, 0.5) is 0 Å². The Balaban J connectivity index is 1.87. The standard InChI is InChI=1S/C12H15BrN4/c1-9-10(6-16-17(9)2)5-14-8-12-4-3-11(13)7-15-12/h3-4,6-7,14H,5,8H2,1-2H3. The molecule has 0 saturated carbocycles. The fourth-order valence-electron chi connectivity index (χ4n) is 1.55. The monoisotopic (exact) mass is 294 g/mol. The molecular weight excluding hydrogens is 280 g/mol. The van der Waals surface area contributed by atoms with Crippen molar-refractivity contribution in [2.45, 2.75) is 20.0 Å². The number of nitrogens with zero attached hydrogens (tertiary/aromatic N) is 3. The highest BCUT2D eigenvalue weighted by Gasteiger charge is 2.02. The minimum absolute atomic E-state index is 0.765. The summed E-state index contributed by atoms with van der Waals surface area (Å²) in [6.07, 6.45) is 3.71. The molecule has 0 aliphatic rings. The first-order valence-corrected chi connectivity index (χ1v) is 6.25. The quantitative estimate of drug-likeness (QED) is 0.940. The van der Waals surface area contributed by atoms with E-state index in [4.69, 9.17) is 0 Å². The molecule has 0 aromatic carbocycles. The van der Waals surface area contributed by atoms with Crippen molar-refractivity contribution < 1.29 is 0 Å². The maximum absolute atomic E-state index is 4.31. The maximum Gasteiger partial charge on any atom is 0.0542 e. The second-order valence-electron chi connectivity index (χ2n) is 3.95. The average Bonchev–Trinajstić information content (AvgIpc) is 2.64. The van der Waals surface area contributed by atoms with E-state index in [1.54, 1.807) is 0 Å². The van der Waals surface area contributed by atoms with Crippen molar-refractivity contribution in [3.8, 4) is 0 Å².